The maximum Gasteiger partial charge on any atom is 0.262 e. The van der Waals surface area contributed by atoms with Gasteiger partial charge in [-0.1, -0.05) is 19.8 Å². The van der Waals surface area contributed by atoms with Gasteiger partial charge in [-0.2, -0.15) is 0 Å². The largest absolute Gasteiger partial charge is 0.396 e. The van der Waals surface area contributed by atoms with Crippen molar-refractivity contribution in [1.82, 2.24) is 14.9 Å². The third-order valence-corrected chi connectivity index (χ3v) is 3.31. The lowest BCUT2D eigenvalue weighted by Crippen LogP contribution is -2.27. The van der Waals surface area contributed by atoms with Crippen molar-refractivity contribution >= 4 is 23.1 Å². The molecule has 0 unspecified atom stereocenters. The summed E-state index contributed by atoms with van der Waals surface area (Å²) < 4.78 is 1.83. The number of unbranched alkanes of at least 4 members (excludes halogenated alkanes) is 2. The number of carbonyl (C=O) groups excluding carboxylic acids is 1. The Bertz CT molecular complexity index is 623. The molecule has 0 saturated heterocycles. The summed E-state index contributed by atoms with van der Waals surface area (Å²) in [5.74, 6) is 0.241. The predicted molar refractivity (Wildman–Crippen MR) is 81.3 cm³/mol. The van der Waals surface area contributed by atoms with E-state index in [-0.39, 0.29) is 6.54 Å². The molecular weight excluding hydrogens is 270 g/mol. The summed E-state index contributed by atoms with van der Waals surface area (Å²) in [7, 11) is 0. The summed E-state index contributed by atoms with van der Waals surface area (Å²) >= 11 is 0. The van der Waals surface area contributed by atoms with E-state index in [0.717, 1.165) is 37.2 Å². The molecule has 0 saturated carbocycles. The topological polar surface area (TPSA) is 105 Å². The first-order valence-corrected chi connectivity index (χ1v) is 7.09. The number of nitrogens with one attached hydrogen (secondary N) is 2. The Morgan fingerprint density at radius 2 is 2.29 bits per heavy atom. The normalized spacial score (nSPS) is 10.8. The molecule has 1 amide bonds. The molecule has 2 aromatic rings. The Labute approximate surface area is 123 Å². The highest BCUT2D eigenvalue weighted by molar-refractivity contribution is 5.80. The molecule has 5 N–H and O–H groups in total. The van der Waals surface area contributed by atoms with Crippen LogP contribution in [0.3, 0.4) is 0 Å². The molecule has 2 aromatic heterocycles. The monoisotopic (exact) mass is 291 g/mol. The quantitative estimate of drug-likeness (QED) is 0.352. The summed E-state index contributed by atoms with van der Waals surface area (Å²) in [4.78, 5) is 15.8. The maximum atomic E-state index is 11.2. The number of imidazole rings is 1. The van der Waals surface area contributed by atoms with Gasteiger partial charge in [-0.3, -0.25) is 14.4 Å². The van der Waals surface area contributed by atoms with E-state index < -0.39 is 5.91 Å². The number of fused-ring (bicyclic) bond motifs is 1. The van der Waals surface area contributed by atoms with Crippen LogP contribution in [0.2, 0.25) is 0 Å². The highest BCUT2D eigenvalue weighted by Gasteiger charge is 2.14. The van der Waals surface area contributed by atoms with Gasteiger partial charge in [0.2, 0.25) is 0 Å². The maximum absolute atomic E-state index is 11.2. The molecule has 0 spiro atoms. The average Bonchev–Trinajstić information content (AvgIpc) is 2.84. The van der Waals surface area contributed by atoms with E-state index in [9.17, 15) is 4.79 Å². The highest BCUT2D eigenvalue weighted by atomic mass is 16.5. The number of aromatic nitrogens is 2. The van der Waals surface area contributed by atoms with E-state index in [1.807, 2.05) is 16.7 Å². The fraction of sp³-hybridized carbons (Fsp3) is 0.429. The van der Waals surface area contributed by atoms with Crippen LogP contribution < -0.4 is 16.5 Å². The van der Waals surface area contributed by atoms with Gasteiger partial charge in [-0.15, -0.1) is 0 Å². The van der Waals surface area contributed by atoms with Crippen LogP contribution in [0.1, 0.15) is 31.9 Å². The van der Waals surface area contributed by atoms with E-state index >= 15 is 0 Å². The number of amides is 1. The molecule has 0 aromatic carbocycles. The van der Waals surface area contributed by atoms with Crippen LogP contribution in [0.15, 0.2) is 18.3 Å². The van der Waals surface area contributed by atoms with Crippen LogP contribution in [0, 0.1) is 0 Å². The van der Waals surface area contributed by atoms with Crippen molar-refractivity contribution in [3.63, 3.8) is 0 Å². The molecule has 114 valence electrons. The van der Waals surface area contributed by atoms with Gasteiger partial charge < -0.3 is 11.1 Å². The summed E-state index contributed by atoms with van der Waals surface area (Å²) in [6, 6.07) is 3.62. The number of nitrogens with two attached hydrogens (primary N) is 1. The van der Waals surface area contributed by atoms with Gasteiger partial charge in [0.05, 0.1) is 17.9 Å². The zero-order valence-corrected chi connectivity index (χ0v) is 12.1. The summed E-state index contributed by atoms with van der Waals surface area (Å²) in [5.41, 5.74) is 9.70. The standard InChI is InChI=1S/C14H21N5O2/c1-2-3-4-7-11-14(16-9-12(20)18-21)19-8-5-6-10(15)13(19)17-11/h5-6,8,16,21H,2-4,7,9,15H2,1H3,(H,18,20). The summed E-state index contributed by atoms with van der Waals surface area (Å²) in [5, 5.41) is 11.6. The molecule has 0 aliphatic heterocycles. The zero-order chi connectivity index (χ0) is 15.2. The van der Waals surface area contributed by atoms with Crippen molar-refractivity contribution in [2.24, 2.45) is 0 Å². The number of hydrogen-bond donors (Lipinski definition) is 4. The Morgan fingerprint density at radius 1 is 1.48 bits per heavy atom. The van der Waals surface area contributed by atoms with Crippen LogP contribution in [-0.2, 0) is 11.2 Å². The molecule has 0 atom stereocenters. The van der Waals surface area contributed by atoms with Gasteiger partial charge in [-0.05, 0) is 25.0 Å². The molecule has 0 fully saturated rings. The Balaban J connectivity index is 2.30. The van der Waals surface area contributed by atoms with Crippen molar-refractivity contribution in [3.05, 3.63) is 24.0 Å². The minimum atomic E-state index is -0.506. The minimum absolute atomic E-state index is 0.0279. The second-order valence-electron chi connectivity index (χ2n) is 4.91. The Hall–Kier alpha value is -2.28. The third kappa shape index (κ3) is 3.43. The molecule has 2 rings (SSSR count). The molecule has 2 heterocycles. The second kappa shape index (κ2) is 6.94. The van der Waals surface area contributed by atoms with E-state index in [1.165, 1.54) is 0 Å². The van der Waals surface area contributed by atoms with Crippen LogP contribution in [0.25, 0.3) is 5.65 Å². The highest BCUT2D eigenvalue weighted by Crippen LogP contribution is 2.23. The van der Waals surface area contributed by atoms with Crippen LogP contribution >= 0.6 is 0 Å². The summed E-state index contributed by atoms with van der Waals surface area (Å²) in [6.45, 7) is 2.12. The molecule has 0 aliphatic rings. The number of hydroxylamine groups is 1. The van der Waals surface area contributed by atoms with Crippen LogP contribution in [0.5, 0.6) is 0 Å². The van der Waals surface area contributed by atoms with Gasteiger partial charge in [-0.25, -0.2) is 10.5 Å². The number of nitrogen functional groups attached to an aromatic ring is 1. The van der Waals surface area contributed by atoms with Gasteiger partial charge in [0.15, 0.2) is 5.65 Å². The molecular formula is C14H21N5O2. The van der Waals surface area contributed by atoms with Gasteiger partial charge in [0.1, 0.15) is 5.82 Å². The van der Waals surface area contributed by atoms with Gasteiger partial charge >= 0.3 is 0 Å². The third-order valence-electron chi connectivity index (χ3n) is 3.31. The molecule has 0 radical (unpaired) electrons. The van der Waals surface area contributed by atoms with Crippen molar-refractivity contribution in [1.29, 1.82) is 0 Å². The minimum Gasteiger partial charge on any atom is -0.396 e. The average molecular weight is 291 g/mol. The van der Waals surface area contributed by atoms with Crippen molar-refractivity contribution in [2.45, 2.75) is 32.6 Å². The molecule has 7 heteroatoms. The lowest BCUT2D eigenvalue weighted by atomic mass is 10.1. The van der Waals surface area contributed by atoms with Crippen LogP contribution in [0.4, 0.5) is 11.5 Å². The Kier molecular flexibility index (Phi) is 4.99. The fourth-order valence-electron chi connectivity index (χ4n) is 2.24. The van der Waals surface area contributed by atoms with Crippen LogP contribution in [-0.4, -0.2) is 27.0 Å². The first kappa shape index (κ1) is 15.1. The first-order chi connectivity index (χ1) is 10.2. The SMILES string of the molecule is CCCCCc1nc2c(N)cccn2c1NCC(=O)NO. The molecule has 7 nitrogen and oxygen atoms in total. The van der Waals surface area contributed by atoms with Gasteiger partial charge in [0.25, 0.3) is 5.91 Å². The summed E-state index contributed by atoms with van der Waals surface area (Å²) in [6.07, 6.45) is 5.95. The predicted octanol–water partition coefficient (Wildman–Crippen LogP) is 1.57. The smallest absolute Gasteiger partial charge is 0.262 e. The number of rotatable bonds is 7. The van der Waals surface area contributed by atoms with Gasteiger partial charge in [0, 0.05) is 6.20 Å². The molecule has 0 bridgehead atoms. The van der Waals surface area contributed by atoms with Crippen molar-refractivity contribution < 1.29 is 10.0 Å². The number of nitrogens with zero attached hydrogens (tertiary/aromatic N) is 2. The van der Waals surface area contributed by atoms with E-state index in [1.54, 1.807) is 11.5 Å². The molecule has 21 heavy (non-hydrogen) atoms. The lowest BCUT2D eigenvalue weighted by molar-refractivity contribution is -0.127. The number of carbonyl (C=O) groups is 1. The van der Waals surface area contributed by atoms with Crippen molar-refractivity contribution in [3.8, 4) is 0 Å². The number of anilines is 2. The zero-order valence-electron chi connectivity index (χ0n) is 12.1. The van der Waals surface area contributed by atoms with E-state index in [0.29, 0.717) is 11.3 Å². The second-order valence-corrected chi connectivity index (χ2v) is 4.91. The first-order valence-electron chi connectivity index (χ1n) is 7.09. The Morgan fingerprint density at radius 3 is 3.00 bits per heavy atom. The van der Waals surface area contributed by atoms with E-state index in [2.05, 4.69) is 17.2 Å². The number of aryl methyl sites for hydroxylation is 1. The number of pyridine rings is 1. The van der Waals surface area contributed by atoms with E-state index in [4.69, 9.17) is 10.9 Å². The lowest BCUT2D eigenvalue weighted by Gasteiger charge is -2.07. The number of hydrogen-bond acceptors (Lipinski definition) is 5. The fourth-order valence-corrected chi connectivity index (χ4v) is 2.24. The molecule has 0 aliphatic carbocycles. The van der Waals surface area contributed by atoms with Crippen molar-refractivity contribution in [2.75, 3.05) is 17.6 Å².